The highest BCUT2D eigenvalue weighted by atomic mass is 35.5. The molecule has 0 aliphatic rings. The molecule has 2 aromatic rings. The predicted molar refractivity (Wildman–Crippen MR) is 82.7 cm³/mol. The second-order valence-electron chi connectivity index (χ2n) is 5.01. The molecule has 1 N–H and O–H groups in total. The van der Waals surface area contributed by atoms with Gasteiger partial charge in [-0.3, -0.25) is 5.10 Å². The first kappa shape index (κ1) is 16.0. The molecular formula is C14H18ClN3O2S. The van der Waals surface area contributed by atoms with E-state index in [9.17, 15) is 8.42 Å². The Balaban J connectivity index is 2.28. The molecule has 0 saturated heterocycles. The van der Waals surface area contributed by atoms with Crippen LogP contribution in [0.4, 0.5) is 0 Å². The van der Waals surface area contributed by atoms with Crippen molar-refractivity contribution in [3.05, 3.63) is 46.6 Å². The van der Waals surface area contributed by atoms with Crippen molar-refractivity contribution in [1.29, 1.82) is 0 Å². The Morgan fingerprint density at radius 1 is 1.24 bits per heavy atom. The summed E-state index contributed by atoms with van der Waals surface area (Å²) in [6.45, 7) is 4.03. The highest BCUT2D eigenvalue weighted by Gasteiger charge is 2.27. The van der Waals surface area contributed by atoms with E-state index in [4.69, 9.17) is 11.6 Å². The van der Waals surface area contributed by atoms with Crippen LogP contribution in [0.25, 0.3) is 0 Å². The smallest absolute Gasteiger partial charge is 0.262 e. The van der Waals surface area contributed by atoms with Gasteiger partial charge in [0.2, 0.25) is 0 Å². The van der Waals surface area contributed by atoms with E-state index >= 15 is 0 Å². The summed E-state index contributed by atoms with van der Waals surface area (Å²) in [4.78, 5) is 0. The monoisotopic (exact) mass is 327 g/mol. The van der Waals surface area contributed by atoms with E-state index in [2.05, 4.69) is 10.2 Å². The quantitative estimate of drug-likeness (QED) is 0.858. The van der Waals surface area contributed by atoms with Gasteiger partial charge in [-0.2, -0.15) is 9.40 Å². The van der Waals surface area contributed by atoms with Gasteiger partial charge in [0.05, 0.1) is 5.88 Å². The minimum absolute atomic E-state index is 0.00427. The largest absolute Gasteiger partial charge is 0.281 e. The molecule has 7 heteroatoms. The molecule has 0 amide bonds. The molecule has 0 bridgehead atoms. The summed E-state index contributed by atoms with van der Waals surface area (Å²) in [5, 5.41) is 6.58. The van der Waals surface area contributed by atoms with Crippen LogP contribution in [0, 0.1) is 13.8 Å². The van der Waals surface area contributed by atoms with Gasteiger partial charge in [-0.05, 0) is 19.4 Å². The number of aryl methyl sites for hydroxylation is 2. The summed E-state index contributed by atoms with van der Waals surface area (Å²) in [6.07, 6.45) is 0. The molecule has 1 aromatic carbocycles. The first-order valence-electron chi connectivity index (χ1n) is 6.48. The van der Waals surface area contributed by atoms with E-state index in [1.165, 1.54) is 11.4 Å². The lowest BCUT2D eigenvalue weighted by molar-refractivity contribution is 0.463. The van der Waals surface area contributed by atoms with Gasteiger partial charge < -0.3 is 0 Å². The molecule has 0 aliphatic heterocycles. The summed E-state index contributed by atoms with van der Waals surface area (Å²) in [5.41, 5.74) is 3.25. The minimum atomic E-state index is -3.66. The maximum atomic E-state index is 12.6. The van der Waals surface area contributed by atoms with Crippen molar-refractivity contribution in [3.8, 4) is 0 Å². The number of alkyl halides is 1. The van der Waals surface area contributed by atoms with E-state index in [0.29, 0.717) is 11.3 Å². The van der Waals surface area contributed by atoms with Crippen molar-refractivity contribution >= 4 is 21.6 Å². The Morgan fingerprint density at radius 2 is 1.86 bits per heavy atom. The lowest BCUT2D eigenvalue weighted by atomic mass is 10.1. The third kappa shape index (κ3) is 3.28. The lowest BCUT2D eigenvalue weighted by Crippen LogP contribution is -2.27. The Hall–Kier alpha value is -1.37. The molecule has 0 radical (unpaired) electrons. The van der Waals surface area contributed by atoms with Gasteiger partial charge in [0.25, 0.3) is 10.0 Å². The Labute approximate surface area is 130 Å². The summed E-state index contributed by atoms with van der Waals surface area (Å²) >= 11 is 5.82. The first-order chi connectivity index (χ1) is 9.86. The Morgan fingerprint density at radius 3 is 2.43 bits per heavy atom. The van der Waals surface area contributed by atoms with Gasteiger partial charge in [-0.25, -0.2) is 8.42 Å². The fraction of sp³-hybridized carbons (Fsp3) is 0.357. The molecule has 0 saturated carbocycles. The van der Waals surface area contributed by atoms with E-state index in [-0.39, 0.29) is 17.5 Å². The normalized spacial score (nSPS) is 12.0. The van der Waals surface area contributed by atoms with Gasteiger partial charge in [0, 0.05) is 24.8 Å². The number of nitrogens with zero attached hydrogens (tertiary/aromatic N) is 2. The number of H-pyrrole nitrogens is 1. The van der Waals surface area contributed by atoms with E-state index < -0.39 is 10.0 Å². The molecule has 114 valence electrons. The van der Waals surface area contributed by atoms with Crippen LogP contribution in [0.5, 0.6) is 0 Å². The van der Waals surface area contributed by atoms with Crippen molar-refractivity contribution in [3.63, 3.8) is 0 Å². The van der Waals surface area contributed by atoms with Crippen LogP contribution in [0.2, 0.25) is 0 Å². The first-order valence-corrected chi connectivity index (χ1v) is 8.45. The lowest BCUT2D eigenvalue weighted by Gasteiger charge is -2.16. The van der Waals surface area contributed by atoms with Gasteiger partial charge in [-0.15, -0.1) is 11.6 Å². The molecule has 0 atom stereocenters. The summed E-state index contributed by atoms with van der Waals surface area (Å²) < 4.78 is 26.4. The molecule has 1 aromatic heterocycles. The third-order valence-electron chi connectivity index (χ3n) is 3.35. The zero-order valence-electron chi connectivity index (χ0n) is 12.2. The van der Waals surface area contributed by atoms with Crippen molar-refractivity contribution in [1.82, 2.24) is 14.5 Å². The fourth-order valence-electron chi connectivity index (χ4n) is 1.98. The number of hydrogen-bond acceptors (Lipinski definition) is 3. The van der Waals surface area contributed by atoms with Crippen molar-refractivity contribution in [2.45, 2.75) is 31.3 Å². The van der Waals surface area contributed by atoms with Crippen LogP contribution in [0.1, 0.15) is 22.4 Å². The van der Waals surface area contributed by atoms with Crippen molar-refractivity contribution in [2.75, 3.05) is 7.05 Å². The molecule has 0 aliphatic carbocycles. The number of halogens is 1. The van der Waals surface area contributed by atoms with Crippen molar-refractivity contribution in [2.24, 2.45) is 0 Å². The molecule has 2 rings (SSSR count). The van der Waals surface area contributed by atoms with Crippen molar-refractivity contribution < 1.29 is 8.42 Å². The second kappa shape index (κ2) is 6.17. The van der Waals surface area contributed by atoms with Crippen LogP contribution < -0.4 is 0 Å². The van der Waals surface area contributed by atoms with E-state index in [1.807, 2.05) is 31.2 Å². The molecule has 5 nitrogen and oxygen atoms in total. The average molecular weight is 328 g/mol. The summed E-state index contributed by atoms with van der Waals surface area (Å²) in [5.74, 6) is 0.106. The van der Waals surface area contributed by atoms with Gasteiger partial charge in [-0.1, -0.05) is 29.8 Å². The number of rotatable bonds is 5. The van der Waals surface area contributed by atoms with E-state index in [0.717, 1.165) is 11.1 Å². The highest BCUT2D eigenvalue weighted by Crippen LogP contribution is 2.22. The van der Waals surface area contributed by atoms with Gasteiger partial charge in [0.1, 0.15) is 0 Å². The number of benzene rings is 1. The Bertz CT molecular complexity index is 723. The summed E-state index contributed by atoms with van der Waals surface area (Å²) in [7, 11) is -2.12. The van der Waals surface area contributed by atoms with Gasteiger partial charge in [0.15, 0.2) is 5.03 Å². The molecule has 0 spiro atoms. The maximum Gasteiger partial charge on any atom is 0.262 e. The standard InChI is InChI=1S/C14H18ClN3O2S/c1-10-4-6-12(7-5-10)9-18(3)21(19,20)14-13(8-15)11(2)16-17-14/h4-7H,8-9H2,1-3H3,(H,16,17). The maximum absolute atomic E-state index is 12.6. The average Bonchev–Trinajstić information content (AvgIpc) is 2.82. The van der Waals surface area contributed by atoms with Crippen LogP contribution in [0.3, 0.4) is 0 Å². The minimum Gasteiger partial charge on any atom is -0.281 e. The van der Waals surface area contributed by atoms with Crippen LogP contribution in [-0.4, -0.2) is 30.0 Å². The van der Waals surface area contributed by atoms with Crippen LogP contribution in [-0.2, 0) is 22.4 Å². The highest BCUT2D eigenvalue weighted by molar-refractivity contribution is 7.89. The third-order valence-corrected chi connectivity index (χ3v) is 5.39. The molecule has 0 unspecified atom stereocenters. The predicted octanol–water partition coefficient (Wildman–Crippen LogP) is 2.59. The zero-order valence-corrected chi connectivity index (χ0v) is 13.8. The topological polar surface area (TPSA) is 66.1 Å². The summed E-state index contributed by atoms with van der Waals surface area (Å²) in [6, 6.07) is 7.75. The second-order valence-corrected chi connectivity index (χ2v) is 7.24. The van der Waals surface area contributed by atoms with Crippen LogP contribution >= 0.6 is 11.6 Å². The molecule has 1 heterocycles. The molecular weight excluding hydrogens is 310 g/mol. The zero-order chi connectivity index (χ0) is 15.6. The van der Waals surface area contributed by atoms with Gasteiger partial charge >= 0.3 is 0 Å². The van der Waals surface area contributed by atoms with E-state index in [1.54, 1.807) is 6.92 Å². The fourth-order valence-corrected chi connectivity index (χ4v) is 3.70. The SMILES string of the molecule is Cc1ccc(CN(C)S(=O)(=O)c2n[nH]c(C)c2CCl)cc1. The molecule has 0 fully saturated rings. The number of nitrogens with one attached hydrogen (secondary N) is 1. The Kier molecular flexibility index (Phi) is 4.70. The number of aromatic nitrogens is 2. The number of sulfonamides is 1. The molecule has 21 heavy (non-hydrogen) atoms. The number of aromatic amines is 1. The van der Waals surface area contributed by atoms with Crippen LogP contribution in [0.15, 0.2) is 29.3 Å². The number of hydrogen-bond donors (Lipinski definition) is 1.